The third-order valence-corrected chi connectivity index (χ3v) is 16.8. The molecule has 1 fully saturated rings. The molecule has 4 atom stereocenters. The summed E-state index contributed by atoms with van der Waals surface area (Å²) >= 11 is 0. The van der Waals surface area contributed by atoms with Crippen molar-refractivity contribution >= 4 is 16.6 Å². The molecule has 1 saturated heterocycles. The molecule has 1 aromatic rings. The fourth-order valence-electron chi connectivity index (χ4n) is 3.38. The van der Waals surface area contributed by atoms with E-state index in [0.717, 1.165) is 0 Å². The molecule has 0 bridgehead atoms. The van der Waals surface area contributed by atoms with Crippen molar-refractivity contribution in [2.24, 2.45) is 0 Å². The zero-order chi connectivity index (χ0) is 26.3. The van der Waals surface area contributed by atoms with E-state index in [0.29, 0.717) is 0 Å². The second kappa shape index (κ2) is 9.63. The van der Waals surface area contributed by atoms with Crippen molar-refractivity contribution in [1.82, 2.24) is 9.55 Å². The minimum absolute atomic E-state index is 0.000335. The Morgan fingerprint density at radius 1 is 1.12 bits per heavy atom. The van der Waals surface area contributed by atoms with E-state index in [1.165, 1.54) is 16.8 Å². The Bertz CT molecular complexity index is 989. The highest BCUT2D eigenvalue weighted by atomic mass is 28.4. The fraction of sp³-hybridized carbons (Fsp3) is 0.750. The van der Waals surface area contributed by atoms with Gasteiger partial charge in [-0.25, -0.2) is 4.79 Å². The van der Waals surface area contributed by atoms with Crippen LogP contribution in [0.5, 0.6) is 0 Å². The van der Waals surface area contributed by atoms with Crippen LogP contribution in [0.4, 0.5) is 0 Å². The van der Waals surface area contributed by atoms with E-state index in [4.69, 9.17) is 18.3 Å². The van der Waals surface area contributed by atoms with E-state index in [1.54, 1.807) is 13.2 Å². The van der Waals surface area contributed by atoms with Gasteiger partial charge in [0.1, 0.15) is 17.8 Å². The number of nitrogens with one attached hydrogen (secondary N) is 1. The van der Waals surface area contributed by atoms with E-state index in [1.807, 2.05) is 0 Å². The molecule has 1 N–H and O–H groups in total. The van der Waals surface area contributed by atoms with Gasteiger partial charge >= 0.3 is 5.69 Å². The SMILES string of the molecule is C=C[C@]1(CO[Si](C)(C)C(C)(C)C)O[C@@H](n2ccc(=O)[nH]c2=O)[C@@H](OC)[C@@H]1O[Si](C)(C)C(C)(C)C. The van der Waals surface area contributed by atoms with Gasteiger partial charge in [-0.1, -0.05) is 47.6 Å². The summed E-state index contributed by atoms with van der Waals surface area (Å²) in [6.07, 6.45) is 1.13. The van der Waals surface area contributed by atoms with Crippen LogP contribution in [0, 0.1) is 0 Å². The second-order valence-corrected chi connectivity index (χ2v) is 21.8. The number of methoxy groups -OCH3 is 1. The maximum absolute atomic E-state index is 12.7. The maximum atomic E-state index is 12.7. The molecule has 2 rings (SSSR count). The summed E-state index contributed by atoms with van der Waals surface area (Å²) in [6.45, 7) is 26.1. The molecule has 0 unspecified atom stereocenters. The fourth-order valence-corrected chi connectivity index (χ4v) is 5.72. The Morgan fingerprint density at radius 3 is 2.12 bits per heavy atom. The summed E-state index contributed by atoms with van der Waals surface area (Å²) in [5.74, 6) is 0. The van der Waals surface area contributed by atoms with Gasteiger partial charge in [-0.3, -0.25) is 14.3 Å². The molecule has 34 heavy (non-hydrogen) atoms. The molecule has 0 radical (unpaired) electrons. The largest absolute Gasteiger partial charge is 0.413 e. The zero-order valence-electron chi connectivity index (χ0n) is 22.8. The molecule has 8 nitrogen and oxygen atoms in total. The van der Waals surface area contributed by atoms with Gasteiger partial charge in [-0.05, 0) is 36.3 Å². The Kier molecular flexibility index (Phi) is 8.19. The number of H-pyrrole nitrogens is 1. The monoisotopic (exact) mass is 512 g/mol. The third kappa shape index (κ3) is 5.57. The first-order valence-corrected chi connectivity index (χ1v) is 17.6. The number of aromatic amines is 1. The average Bonchev–Trinajstić information content (AvgIpc) is 2.97. The smallest absolute Gasteiger partial charge is 0.330 e. The molecule has 0 aromatic carbocycles. The molecule has 0 aliphatic carbocycles. The molecule has 0 saturated carbocycles. The summed E-state index contributed by atoms with van der Waals surface area (Å²) in [4.78, 5) is 26.6. The molecule has 194 valence electrons. The number of ether oxygens (including phenoxy) is 2. The number of rotatable bonds is 8. The van der Waals surface area contributed by atoms with Crippen LogP contribution < -0.4 is 11.2 Å². The van der Waals surface area contributed by atoms with Crippen molar-refractivity contribution in [2.45, 2.75) is 102 Å². The van der Waals surface area contributed by atoms with Crippen molar-refractivity contribution in [3.05, 3.63) is 45.8 Å². The van der Waals surface area contributed by atoms with Gasteiger partial charge < -0.3 is 18.3 Å². The highest BCUT2D eigenvalue weighted by molar-refractivity contribution is 6.74. The lowest BCUT2D eigenvalue weighted by molar-refractivity contribution is -0.0966. The lowest BCUT2D eigenvalue weighted by Crippen LogP contribution is -2.56. The lowest BCUT2D eigenvalue weighted by Gasteiger charge is -2.44. The van der Waals surface area contributed by atoms with Gasteiger partial charge in [-0.2, -0.15) is 0 Å². The molecule has 0 spiro atoms. The number of hydrogen-bond donors (Lipinski definition) is 1. The van der Waals surface area contributed by atoms with Crippen LogP contribution in [-0.4, -0.2) is 57.7 Å². The topological polar surface area (TPSA) is 91.8 Å². The third-order valence-electron chi connectivity index (χ3n) is 7.84. The van der Waals surface area contributed by atoms with Crippen LogP contribution in [-0.2, 0) is 18.3 Å². The Balaban J connectivity index is 2.61. The van der Waals surface area contributed by atoms with Crippen molar-refractivity contribution in [3.63, 3.8) is 0 Å². The molecule has 10 heteroatoms. The molecule has 0 amide bonds. The summed E-state index contributed by atoms with van der Waals surface area (Å²) in [5.41, 5.74) is -2.10. The van der Waals surface area contributed by atoms with Crippen LogP contribution >= 0.6 is 0 Å². The average molecular weight is 513 g/mol. The molecular formula is C24H44N2O6Si2. The van der Waals surface area contributed by atoms with Crippen LogP contribution in [0.15, 0.2) is 34.5 Å². The molecular weight excluding hydrogens is 468 g/mol. The van der Waals surface area contributed by atoms with E-state index in [9.17, 15) is 9.59 Å². The van der Waals surface area contributed by atoms with E-state index in [2.05, 4.69) is 79.3 Å². The van der Waals surface area contributed by atoms with Crippen molar-refractivity contribution in [2.75, 3.05) is 13.7 Å². The van der Waals surface area contributed by atoms with Crippen LogP contribution in [0.3, 0.4) is 0 Å². The minimum Gasteiger partial charge on any atom is -0.413 e. The van der Waals surface area contributed by atoms with E-state index >= 15 is 0 Å². The van der Waals surface area contributed by atoms with Crippen molar-refractivity contribution in [1.29, 1.82) is 0 Å². The summed E-state index contributed by atoms with van der Waals surface area (Å²) in [7, 11) is -2.86. The first kappa shape index (κ1) is 28.9. The normalized spacial score (nSPS) is 26.6. The Labute approximate surface area is 205 Å². The van der Waals surface area contributed by atoms with E-state index < -0.39 is 51.9 Å². The van der Waals surface area contributed by atoms with Crippen LogP contribution in [0.25, 0.3) is 0 Å². The summed E-state index contributed by atoms with van der Waals surface area (Å²) < 4.78 is 27.4. The maximum Gasteiger partial charge on any atom is 0.330 e. The predicted octanol–water partition coefficient (Wildman–Crippen LogP) is 4.42. The quantitative estimate of drug-likeness (QED) is 0.410. The van der Waals surface area contributed by atoms with Gasteiger partial charge in [0.25, 0.3) is 5.56 Å². The summed E-state index contributed by atoms with van der Waals surface area (Å²) in [6, 6.07) is 1.29. The lowest BCUT2D eigenvalue weighted by atomic mass is 9.96. The van der Waals surface area contributed by atoms with Crippen LogP contribution in [0.1, 0.15) is 47.8 Å². The predicted molar refractivity (Wildman–Crippen MR) is 140 cm³/mol. The molecule has 1 aliphatic heterocycles. The summed E-state index contributed by atoms with van der Waals surface area (Å²) in [5, 5.41) is -0.0644. The molecule has 2 heterocycles. The second-order valence-electron chi connectivity index (χ2n) is 12.2. The first-order chi connectivity index (χ1) is 15.3. The van der Waals surface area contributed by atoms with E-state index in [-0.39, 0.29) is 16.7 Å². The first-order valence-electron chi connectivity index (χ1n) is 11.8. The number of aromatic nitrogens is 2. The Morgan fingerprint density at radius 2 is 1.68 bits per heavy atom. The zero-order valence-corrected chi connectivity index (χ0v) is 24.8. The van der Waals surface area contributed by atoms with Crippen LogP contribution in [0.2, 0.25) is 36.3 Å². The molecule has 1 aromatic heterocycles. The standard InChI is InChI=1S/C24H44N2O6Si2/c1-13-24(16-30-33(9,10)22(2,3)4)19(32-34(11,12)23(5,6)7)18(29-8)20(31-24)26-15-14-17(27)25-21(26)28/h13-15,18-20H,1,16H2,2-12H3,(H,25,27,28)/t18-,19-,20+,24+/m0/s1. The Hall–Kier alpha value is -1.31. The van der Waals surface area contributed by atoms with Gasteiger partial charge in [-0.15, -0.1) is 6.58 Å². The van der Waals surface area contributed by atoms with Crippen molar-refractivity contribution in [3.8, 4) is 0 Å². The number of hydrogen-bond acceptors (Lipinski definition) is 6. The van der Waals surface area contributed by atoms with Gasteiger partial charge in [0.2, 0.25) is 0 Å². The van der Waals surface area contributed by atoms with Gasteiger partial charge in [0, 0.05) is 19.4 Å². The van der Waals surface area contributed by atoms with Crippen molar-refractivity contribution < 1.29 is 18.3 Å². The molecule has 1 aliphatic rings. The van der Waals surface area contributed by atoms with Gasteiger partial charge in [0.05, 0.1) is 6.61 Å². The van der Waals surface area contributed by atoms with Gasteiger partial charge in [0.15, 0.2) is 22.9 Å². The number of nitrogens with zero attached hydrogens (tertiary/aromatic N) is 1. The highest BCUT2D eigenvalue weighted by Gasteiger charge is 2.59. The highest BCUT2D eigenvalue weighted by Crippen LogP contribution is 2.47. The minimum atomic E-state index is -2.29.